The molecule has 23 heavy (non-hydrogen) atoms. The summed E-state index contributed by atoms with van der Waals surface area (Å²) < 4.78 is 5.85. The lowest BCUT2D eigenvalue weighted by atomic mass is 10.2. The van der Waals surface area contributed by atoms with Crippen LogP contribution in [0, 0.1) is 5.92 Å². The summed E-state index contributed by atoms with van der Waals surface area (Å²) in [6.07, 6.45) is 3.52. The van der Waals surface area contributed by atoms with E-state index in [0.717, 1.165) is 58.3 Å². The van der Waals surface area contributed by atoms with Gasteiger partial charge in [-0.1, -0.05) is 13.8 Å². The van der Waals surface area contributed by atoms with Gasteiger partial charge in [0, 0.05) is 32.7 Å². The molecular formula is C16H35IN4OS. The Morgan fingerprint density at radius 2 is 2.17 bits per heavy atom. The third kappa shape index (κ3) is 11.4. The molecule has 0 aromatic carbocycles. The molecule has 0 aliphatic carbocycles. The molecule has 0 spiro atoms. The Labute approximate surface area is 163 Å². The normalized spacial score (nSPS) is 19.5. The van der Waals surface area contributed by atoms with Crippen molar-refractivity contribution in [3.63, 3.8) is 0 Å². The Kier molecular flexibility index (Phi) is 14.8. The predicted octanol–water partition coefficient (Wildman–Crippen LogP) is 2.27. The van der Waals surface area contributed by atoms with Crippen molar-refractivity contribution >= 4 is 41.7 Å². The zero-order chi connectivity index (χ0) is 16.2. The summed E-state index contributed by atoms with van der Waals surface area (Å²) in [6.45, 7) is 13.2. The molecule has 138 valence electrons. The predicted molar refractivity (Wildman–Crippen MR) is 113 cm³/mol. The standard InChI is InChI=1S/C16H34N4OS.HI/c1-5-17-16(18-7-6-10-22-4)19-11-15-13-20(8-9-21-15)12-14(2)3;/h14-15H,5-13H2,1-4H3,(H2,17,18,19);1H. The number of nitrogens with zero attached hydrogens (tertiary/aromatic N) is 2. The average molecular weight is 458 g/mol. The highest BCUT2D eigenvalue weighted by Crippen LogP contribution is 2.08. The summed E-state index contributed by atoms with van der Waals surface area (Å²) in [7, 11) is 0. The molecule has 0 amide bonds. The summed E-state index contributed by atoms with van der Waals surface area (Å²) >= 11 is 1.88. The number of morpholine rings is 1. The van der Waals surface area contributed by atoms with Crippen LogP contribution in [0.5, 0.6) is 0 Å². The summed E-state index contributed by atoms with van der Waals surface area (Å²) in [6, 6.07) is 0. The molecule has 0 aromatic rings. The van der Waals surface area contributed by atoms with Crippen molar-refractivity contribution in [3.05, 3.63) is 0 Å². The van der Waals surface area contributed by atoms with Gasteiger partial charge in [-0.2, -0.15) is 11.8 Å². The van der Waals surface area contributed by atoms with Gasteiger partial charge in [0.15, 0.2) is 5.96 Å². The van der Waals surface area contributed by atoms with Gasteiger partial charge in [0.1, 0.15) is 0 Å². The third-order valence-corrected chi connectivity index (χ3v) is 4.16. The van der Waals surface area contributed by atoms with E-state index >= 15 is 0 Å². The molecule has 5 nitrogen and oxygen atoms in total. The zero-order valence-corrected chi connectivity index (χ0v) is 18.3. The van der Waals surface area contributed by atoms with Gasteiger partial charge < -0.3 is 15.4 Å². The zero-order valence-electron chi connectivity index (χ0n) is 15.1. The molecule has 1 atom stereocenters. The van der Waals surface area contributed by atoms with E-state index in [0.29, 0.717) is 5.92 Å². The molecule has 1 unspecified atom stereocenters. The molecule has 2 N–H and O–H groups in total. The molecule has 0 radical (unpaired) electrons. The number of aliphatic imine (C=N–C) groups is 1. The van der Waals surface area contributed by atoms with Crippen molar-refractivity contribution in [1.82, 2.24) is 15.5 Å². The number of ether oxygens (including phenoxy) is 1. The van der Waals surface area contributed by atoms with Crippen molar-refractivity contribution in [2.75, 3.05) is 57.9 Å². The van der Waals surface area contributed by atoms with Gasteiger partial charge in [0.2, 0.25) is 0 Å². The highest BCUT2D eigenvalue weighted by Gasteiger charge is 2.20. The van der Waals surface area contributed by atoms with Crippen LogP contribution in [-0.4, -0.2) is 74.8 Å². The van der Waals surface area contributed by atoms with E-state index < -0.39 is 0 Å². The van der Waals surface area contributed by atoms with Gasteiger partial charge >= 0.3 is 0 Å². The highest BCUT2D eigenvalue weighted by molar-refractivity contribution is 14.0. The SMILES string of the molecule is CCNC(=NCC1CN(CC(C)C)CCO1)NCCCSC.I. The second-order valence-corrected chi connectivity index (χ2v) is 7.12. The molecule has 1 saturated heterocycles. The van der Waals surface area contributed by atoms with Crippen molar-refractivity contribution in [1.29, 1.82) is 0 Å². The molecule has 0 aromatic heterocycles. The highest BCUT2D eigenvalue weighted by atomic mass is 127. The largest absolute Gasteiger partial charge is 0.374 e. The van der Waals surface area contributed by atoms with Crippen LogP contribution in [0.1, 0.15) is 27.2 Å². The van der Waals surface area contributed by atoms with E-state index in [1.54, 1.807) is 0 Å². The van der Waals surface area contributed by atoms with E-state index in [9.17, 15) is 0 Å². The van der Waals surface area contributed by atoms with Crippen LogP contribution in [0.25, 0.3) is 0 Å². The molecule has 1 heterocycles. The van der Waals surface area contributed by atoms with Gasteiger partial charge in [0.25, 0.3) is 0 Å². The Hall–Kier alpha value is 0.270. The van der Waals surface area contributed by atoms with Crippen molar-refractivity contribution in [3.8, 4) is 0 Å². The molecule has 1 fully saturated rings. The Balaban J connectivity index is 0.00000484. The monoisotopic (exact) mass is 458 g/mol. The third-order valence-electron chi connectivity index (χ3n) is 3.46. The first kappa shape index (κ1) is 23.3. The maximum Gasteiger partial charge on any atom is 0.191 e. The fourth-order valence-electron chi connectivity index (χ4n) is 2.53. The average Bonchev–Trinajstić information content (AvgIpc) is 2.49. The summed E-state index contributed by atoms with van der Waals surface area (Å²) in [5.74, 6) is 2.80. The number of guanidine groups is 1. The first-order chi connectivity index (χ1) is 10.7. The van der Waals surface area contributed by atoms with Gasteiger partial charge in [-0.25, -0.2) is 0 Å². The van der Waals surface area contributed by atoms with E-state index in [-0.39, 0.29) is 30.1 Å². The lowest BCUT2D eigenvalue weighted by Crippen LogP contribution is -2.46. The Morgan fingerprint density at radius 1 is 1.39 bits per heavy atom. The number of halogens is 1. The number of rotatable bonds is 9. The van der Waals surface area contributed by atoms with Gasteiger partial charge in [-0.3, -0.25) is 9.89 Å². The van der Waals surface area contributed by atoms with E-state index in [1.165, 1.54) is 5.75 Å². The fourth-order valence-corrected chi connectivity index (χ4v) is 2.96. The van der Waals surface area contributed by atoms with Crippen LogP contribution >= 0.6 is 35.7 Å². The van der Waals surface area contributed by atoms with Gasteiger partial charge in [0.05, 0.1) is 19.3 Å². The van der Waals surface area contributed by atoms with Gasteiger partial charge in [-0.15, -0.1) is 24.0 Å². The first-order valence-electron chi connectivity index (χ1n) is 8.50. The van der Waals surface area contributed by atoms with E-state index in [1.807, 2.05) is 11.8 Å². The fraction of sp³-hybridized carbons (Fsp3) is 0.938. The van der Waals surface area contributed by atoms with Crippen LogP contribution in [0.15, 0.2) is 4.99 Å². The minimum Gasteiger partial charge on any atom is -0.374 e. The molecular weight excluding hydrogens is 423 g/mol. The van der Waals surface area contributed by atoms with Crippen molar-refractivity contribution in [2.45, 2.75) is 33.3 Å². The van der Waals surface area contributed by atoms with Crippen LogP contribution in [-0.2, 0) is 4.74 Å². The Morgan fingerprint density at radius 3 is 2.83 bits per heavy atom. The molecule has 0 saturated carbocycles. The summed E-state index contributed by atoms with van der Waals surface area (Å²) in [4.78, 5) is 7.18. The lowest BCUT2D eigenvalue weighted by molar-refractivity contribution is -0.0261. The Bertz CT molecular complexity index is 318. The number of hydrogen-bond donors (Lipinski definition) is 2. The quantitative estimate of drug-likeness (QED) is 0.240. The second kappa shape index (κ2) is 14.6. The number of thioether (sulfide) groups is 1. The number of nitrogens with one attached hydrogen (secondary N) is 2. The second-order valence-electron chi connectivity index (χ2n) is 6.14. The van der Waals surface area contributed by atoms with Crippen molar-refractivity contribution in [2.24, 2.45) is 10.9 Å². The smallest absolute Gasteiger partial charge is 0.191 e. The summed E-state index contributed by atoms with van der Waals surface area (Å²) in [5.41, 5.74) is 0. The van der Waals surface area contributed by atoms with Crippen molar-refractivity contribution < 1.29 is 4.74 Å². The first-order valence-corrected chi connectivity index (χ1v) is 9.90. The van der Waals surface area contributed by atoms with Crippen LogP contribution in [0.4, 0.5) is 0 Å². The lowest BCUT2D eigenvalue weighted by Gasteiger charge is -2.33. The molecule has 0 bridgehead atoms. The maximum absolute atomic E-state index is 5.85. The molecule has 7 heteroatoms. The minimum absolute atomic E-state index is 0. The van der Waals surface area contributed by atoms with E-state index in [2.05, 4.69) is 47.6 Å². The number of hydrogen-bond acceptors (Lipinski definition) is 4. The minimum atomic E-state index is 0. The maximum atomic E-state index is 5.85. The molecule has 1 rings (SSSR count). The van der Waals surface area contributed by atoms with Crippen LogP contribution < -0.4 is 10.6 Å². The molecule has 1 aliphatic heterocycles. The van der Waals surface area contributed by atoms with Crippen LogP contribution in [0.3, 0.4) is 0 Å². The van der Waals surface area contributed by atoms with E-state index in [4.69, 9.17) is 4.74 Å². The van der Waals surface area contributed by atoms with Crippen LogP contribution in [0.2, 0.25) is 0 Å². The molecule has 1 aliphatic rings. The topological polar surface area (TPSA) is 48.9 Å². The van der Waals surface area contributed by atoms with Gasteiger partial charge in [-0.05, 0) is 31.3 Å². The summed E-state index contributed by atoms with van der Waals surface area (Å²) in [5, 5.41) is 6.70.